The minimum atomic E-state index is 0.720. The fourth-order valence-corrected chi connectivity index (χ4v) is 3.92. The van der Waals surface area contributed by atoms with E-state index in [0.29, 0.717) is 0 Å². The SMILES string of the molecule is Cc1cc(CN(C)Cc2cc(Br)cs2)oc1CNC1CC1. The molecule has 0 bridgehead atoms. The van der Waals surface area contributed by atoms with Crippen LogP contribution >= 0.6 is 27.3 Å². The van der Waals surface area contributed by atoms with Gasteiger partial charge in [-0.25, -0.2) is 0 Å². The second-order valence-corrected chi connectivity index (χ2v) is 7.79. The van der Waals surface area contributed by atoms with Gasteiger partial charge in [-0.2, -0.15) is 0 Å². The summed E-state index contributed by atoms with van der Waals surface area (Å²) >= 11 is 5.29. The highest BCUT2D eigenvalue weighted by Gasteiger charge is 2.21. The lowest BCUT2D eigenvalue weighted by Gasteiger charge is -2.13. The van der Waals surface area contributed by atoms with Gasteiger partial charge >= 0.3 is 0 Å². The quantitative estimate of drug-likeness (QED) is 0.789. The molecule has 0 aromatic carbocycles. The molecule has 2 heterocycles. The second-order valence-electron chi connectivity index (χ2n) is 5.88. The topological polar surface area (TPSA) is 28.4 Å². The monoisotopic (exact) mass is 368 g/mol. The molecule has 3 nitrogen and oxygen atoms in total. The van der Waals surface area contributed by atoms with Crippen LogP contribution in [0.15, 0.2) is 26.4 Å². The molecule has 5 heteroatoms. The number of rotatable bonds is 7. The Labute approximate surface area is 138 Å². The van der Waals surface area contributed by atoms with E-state index in [1.165, 1.54) is 23.3 Å². The lowest BCUT2D eigenvalue weighted by atomic mass is 10.2. The Hall–Kier alpha value is -0.620. The highest BCUT2D eigenvalue weighted by Crippen LogP contribution is 2.23. The molecule has 114 valence electrons. The summed E-state index contributed by atoms with van der Waals surface area (Å²) < 4.78 is 7.16. The summed E-state index contributed by atoms with van der Waals surface area (Å²) in [5.41, 5.74) is 1.26. The Bertz CT molecular complexity index is 603. The van der Waals surface area contributed by atoms with Crippen molar-refractivity contribution in [2.75, 3.05) is 7.05 Å². The van der Waals surface area contributed by atoms with Gasteiger partial charge in [0.15, 0.2) is 0 Å². The maximum atomic E-state index is 6.00. The maximum Gasteiger partial charge on any atom is 0.120 e. The molecule has 0 amide bonds. The van der Waals surface area contributed by atoms with E-state index in [1.807, 2.05) is 0 Å². The fraction of sp³-hybridized carbons (Fsp3) is 0.500. The van der Waals surface area contributed by atoms with Gasteiger partial charge in [-0.15, -0.1) is 11.3 Å². The number of nitrogens with one attached hydrogen (secondary N) is 1. The Morgan fingerprint density at radius 3 is 2.86 bits per heavy atom. The molecule has 1 aliphatic carbocycles. The normalized spacial score (nSPS) is 15.0. The van der Waals surface area contributed by atoms with Gasteiger partial charge in [0, 0.05) is 27.3 Å². The van der Waals surface area contributed by atoms with Crippen molar-refractivity contribution in [1.29, 1.82) is 0 Å². The van der Waals surface area contributed by atoms with E-state index in [-0.39, 0.29) is 0 Å². The third-order valence-electron chi connectivity index (χ3n) is 3.67. The molecule has 0 radical (unpaired) electrons. The first-order chi connectivity index (χ1) is 10.1. The second kappa shape index (κ2) is 6.65. The van der Waals surface area contributed by atoms with Crippen LogP contribution in [0, 0.1) is 6.92 Å². The molecule has 0 aliphatic heterocycles. The van der Waals surface area contributed by atoms with Crippen molar-refractivity contribution in [1.82, 2.24) is 10.2 Å². The van der Waals surface area contributed by atoms with Crippen LogP contribution in [0.4, 0.5) is 0 Å². The first kappa shape index (κ1) is 15.3. The Morgan fingerprint density at radius 2 is 2.19 bits per heavy atom. The molecule has 0 spiro atoms. The van der Waals surface area contributed by atoms with Crippen LogP contribution in [0.1, 0.15) is 34.8 Å². The molecular weight excluding hydrogens is 348 g/mol. The molecule has 21 heavy (non-hydrogen) atoms. The summed E-state index contributed by atoms with van der Waals surface area (Å²) in [5, 5.41) is 5.64. The average molecular weight is 369 g/mol. The van der Waals surface area contributed by atoms with E-state index in [1.54, 1.807) is 11.3 Å². The van der Waals surface area contributed by atoms with Crippen molar-refractivity contribution in [3.05, 3.63) is 43.9 Å². The lowest BCUT2D eigenvalue weighted by molar-refractivity contribution is 0.284. The molecule has 2 aromatic rings. The summed E-state index contributed by atoms with van der Waals surface area (Å²) in [6.45, 7) is 4.79. The molecule has 2 aromatic heterocycles. The van der Waals surface area contributed by atoms with Crippen LogP contribution in [0.25, 0.3) is 0 Å². The van der Waals surface area contributed by atoms with Crippen LogP contribution in [-0.4, -0.2) is 18.0 Å². The van der Waals surface area contributed by atoms with Gasteiger partial charge in [-0.3, -0.25) is 4.90 Å². The standard InChI is InChI=1S/C16H21BrN2OS/c1-11-5-14(20-16(11)7-18-13-3-4-13)8-19(2)9-15-6-12(17)10-21-15/h5-6,10,13,18H,3-4,7-9H2,1-2H3. The predicted molar refractivity (Wildman–Crippen MR) is 90.5 cm³/mol. The van der Waals surface area contributed by atoms with Gasteiger partial charge < -0.3 is 9.73 Å². The molecule has 1 fully saturated rings. The van der Waals surface area contributed by atoms with Crippen molar-refractivity contribution in [2.45, 2.75) is 45.4 Å². The molecule has 1 N–H and O–H groups in total. The maximum absolute atomic E-state index is 6.00. The molecule has 3 rings (SSSR count). The third kappa shape index (κ3) is 4.42. The Morgan fingerprint density at radius 1 is 1.38 bits per heavy atom. The number of hydrogen-bond donors (Lipinski definition) is 1. The Kier molecular flexibility index (Phi) is 4.84. The van der Waals surface area contributed by atoms with Gasteiger partial charge in [-0.1, -0.05) is 0 Å². The smallest absolute Gasteiger partial charge is 0.120 e. The number of thiophene rings is 1. The Balaban J connectivity index is 1.54. The van der Waals surface area contributed by atoms with Crippen molar-refractivity contribution >= 4 is 27.3 Å². The molecule has 0 atom stereocenters. The summed E-state index contributed by atoms with van der Waals surface area (Å²) in [5.74, 6) is 2.14. The largest absolute Gasteiger partial charge is 0.463 e. The van der Waals surface area contributed by atoms with E-state index in [2.05, 4.69) is 57.6 Å². The number of furan rings is 1. The van der Waals surface area contributed by atoms with Crippen LogP contribution in [0.2, 0.25) is 0 Å². The first-order valence-corrected chi connectivity index (χ1v) is 9.00. The number of nitrogens with zero attached hydrogens (tertiary/aromatic N) is 1. The highest BCUT2D eigenvalue weighted by atomic mass is 79.9. The minimum Gasteiger partial charge on any atom is -0.463 e. The summed E-state index contributed by atoms with van der Waals surface area (Å²) in [6.07, 6.45) is 2.62. The van der Waals surface area contributed by atoms with Gasteiger partial charge in [0.2, 0.25) is 0 Å². The molecule has 1 saturated carbocycles. The third-order valence-corrected chi connectivity index (χ3v) is 5.36. The predicted octanol–water partition coefficient (Wildman–Crippen LogP) is 4.30. The van der Waals surface area contributed by atoms with Crippen LogP contribution in [0.3, 0.4) is 0 Å². The van der Waals surface area contributed by atoms with E-state index >= 15 is 0 Å². The van der Waals surface area contributed by atoms with Crippen LogP contribution < -0.4 is 5.32 Å². The van der Waals surface area contributed by atoms with Gasteiger partial charge in [0.25, 0.3) is 0 Å². The van der Waals surface area contributed by atoms with Crippen molar-refractivity contribution in [2.24, 2.45) is 0 Å². The van der Waals surface area contributed by atoms with Gasteiger partial charge in [0.1, 0.15) is 11.5 Å². The zero-order chi connectivity index (χ0) is 14.8. The van der Waals surface area contributed by atoms with Gasteiger partial charge in [-0.05, 0) is 60.4 Å². The van der Waals surface area contributed by atoms with E-state index in [4.69, 9.17) is 4.42 Å². The van der Waals surface area contributed by atoms with Crippen molar-refractivity contribution < 1.29 is 4.42 Å². The molecule has 0 unspecified atom stereocenters. The summed E-state index contributed by atoms with van der Waals surface area (Å²) in [7, 11) is 2.13. The van der Waals surface area contributed by atoms with E-state index in [0.717, 1.165) is 41.7 Å². The molecule has 0 saturated heterocycles. The number of halogens is 1. The van der Waals surface area contributed by atoms with Crippen LogP contribution in [0.5, 0.6) is 0 Å². The average Bonchev–Trinajstić information content (AvgIpc) is 3.07. The highest BCUT2D eigenvalue weighted by molar-refractivity contribution is 9.10. The lowest BCUT2D eigenvalue weighted by Crippen LogP contribution is -2.16. The van der Waals surface area contributed by atoms with E-state index in [9.17, 15) is 0 Å². The van der Waals surface area contributed by atoms with E-state index < -0.39 is 0 Å². The number of hydrogen-bond acceptors (Lipinski definition) is 4. The zero-order valence-corrected chi connectivity index (χ0v) is 14.9. The first-order valence-electron chi connectivity index (χ1n) is 7.33. The summed E-state index contributed by atoms with van der Waals surface area (Å²) in [4.78, 5) is 3.65. The van der Waals surface area contributed by atoms with Crippen molar-refractivity contribution in [3.63, 3.8) is 0 Å². The molecule has 1 aliphatic rings. The summed E-state index contributed by atoms with van der Waals surface area (Å²) in [6, 6.07) is 5.07. The zero-order valence-electron chi connectivity index (χ0n) is 12.5. The fourth-order valence-electron chi connectivity index (χ4n) is 2.39. The number of aryl methyl sites for hydroxylation is 1. The van der Waals surface area contributed by atoms with Crippen LogP contribution in [-0.2, 0) is 19.6 Å². The van der Waals surface area contributed by atoms with Crippen molar-refractivity contribution in [3.8, 4) is 0 Å². The van der Waals surface area contributed by atoms with Gasteiger partial charge in [0.05, 0.1) is 13.1 Å². The minimum absolute atomic E-state index is 0.720. The molecular formula is C16H21BrN2OS.